The topological polar surface area (TPSA) is 69.7 Å². The summed E-state index contributed by atoms with van der Waals surface area (Å²) in [7, 11) is 0. The van der Waals surface area contributed by atoms with E-state index < -0.39 is 11.6 Å². The second-order valence-corrected chi connectivity index (χ2v) is 6.02. The highest BCUT2D eigenvalue weighted by Gasteiger charge is 2.17. The molecule has 4 rings (SSSR count). The summed E-state index contributed by atoms with van der Waals surface area (Å²) in [5.74, 6) is -0.211. The first-order valence-electron chi connectivity index (χ1n) is 7.03. The summed E-state index contributed by atoms with van der Waals surface area (Å²) < 4.78 is 17.0. The zero-order valence-corrected chi connectivity index (χ0v) is 13.7. The molecule has 0 radical (unpaired) electrons. The van der Waals surface area contributed by atoms with Crippen molar-refractivity contribution in [2.45, 2.75) is 0 Å². The number of hydrogen-bond donors (Lipinski definition) is 0. The van der Waals surface area contributed by atoms with Crippen LogP contribution in [0.4, 0.5) is 0 Å². The van der Waals surface area contributed by atoms with Gasteiger partial charge in [0.15, 0.2) is 5.75 Å². The summed E-state index contributed by atoms with van der Waals surface area (Å²) in [6.45, 7) is 0. The van der Waals surface area contributed by atoms with Gasteiger partial charge in [-0.25, -0.2) is 9.59 Å². The van der Waals surface area contributed by atoms with Crippen LogP contribution < -0.4 is 10.4 Å². The predicted octanol–water partition coefficient (Wildman–Crippen LogP) is 4.52. The molecule has 0 amide bonds. The van der Waals surface area contributed by atoms with E-state index in [1.165, 1.54) is 12.3 Å². The molecular formula is C18H9BrO5. The molecule has 118 valence electrons. The van der Waals surface area contributed by atoms with E-state index in [4.69, 9.17) is 13.6 Å². The molecule has 2 aromatic heterocycles. The van der Waals surface area contributed by atoms with Gasteiger partial charge in [-0.1, -0.05) is 15.9 Å². The number of furan rings is 1. The fourth-order valence-corrected chi connectivity index (χ4v) is 2.72. The van der Waals surface area contributed by atoms with E-state index in [0.717, 1.165) is 4.47 Å². The first kappa shape index (κ1) is 14.7. The number of halogens is 1. The van der Waals surface area contributed by atoms with Gasteiger partial charge in [0.25, 0.3) is 0 Å². The van der Waals surface area contributed by atoms with Gasteiger partial charge in [0, 0.05) is 16.6 Å². The van der Waals surface area contributed by atoms with Crippen LogP contribution in [-0.2, 0) is 0 Å². The molecular weight excluding hydrogens is 376 g/mol. The van der Waals surface area contributed by atoms with Gasteiger partial charge >= 0.3 is 11.6 Å². The summed E-state index contributed by atoms with van der Waals surface area (Å²) in [4.78, 5) is 23.9. The van der Waals surface area contributed by atoms with Crippen molar-refractivity contribution >= 4 is 43.8 Å². The van der Waals surface area contributed by atoms with E-state index in [1.807, 2.05) is 0 Å². The highest BCUT2D eigenvalue weighted by Crippen LogP contribution is 2.35. The van der Waals surface area contributed by atoms with E-state index in [9.17, 15) is 9.59 Å². The molecule has 0 atom stereocenters. The molecule has 0 unspecified atom stereocenters. The van der Waals surface area contributed by atoms with Gasteiger partial charge in [-0.15, -0.1) is 0 Å². The zero-order chi connectivity index (χ0) is 16.7. The Labute approximate surface area is 143 Å². The molecule has 2 heterocycles. The van der Waals surface area contributed by atoms with Gasteiger partial charge in [-0.3, -0.25) is 0 Å². The van der Waals surface area contributed by atoms with Crippen LogP contribution in [0.1, 0.15) is 10.4 Å². The molecule has 0 aliphatic heterocycles. The maximum Gasteiger partial charge on any atom is 0.343 e. The molecule has 6 heteroatoms. The number of hydrogen-bond acceptors (Lipinski definition) is 5. The smallest absolute Gasteiger partial charge is 0.343 e. The number of esters is 1. The normalized spacial score (nSPS) is 11.0. The lowest BCUT2D eigenvalue weighted by atomic mass is 10.1. The van der Waals surface area contributed by atoms with Gasteiger partial charge in [0.05, 0.1) is 22.6 Å². The number of carbonyl (C=O) groups is 1. The molecule has 0 aliphatic carbocycles. The third-order valence-corrected chi connectivity index (χ3v) is 4.11. The number of fused-ring (bicyclic) bond motifs is 2. The number of benzene rings is 2. The van der Waals surface area contributed by atoms with Crippen LogP contribution in [0, 0.1) is 0 Å². The molecule has 2 aromatic carbocycles. The van der Waals surface area contributed by atoms with Crippen LogP contribution in [0.15, 0.2) is 72.9 Å². The lowest BCUT2D eigenvalue weighted by Gasteiger charge is -2.08. The Balaban J connectivity index is 1.87. The predicted molar refractivity (Wildman–Crippen MR) is 91.4 cm³/mol. The van der Waals surface area contributed by atoms with Crippen LogP contribution in [0.25, 0.3) is 21.9 Å². The fourth-order valence-electron chi connectivity index (χ4n) is 2.46. The Kier molecular flexibility index (Phi) is 3.46. The Morgan fingerprint density at radius 1 is 0.958 bits per heavy atom. The van der Waals surface area contributed by atoms with E-state index in [1.54, 1.807) is 42.5 Å². The van der Waals surface area contributed by atoms with Crippen LogP contribution in [0.3, 0.4) is 0 Å². The zero-order valence-electron chi connectivity index (χ0n) is 12.1. The van der Waals surface area contributed by atoms with Gasteiger partial charge in [0.1, 0.15) is 11.2 Å². The van der Waals surface area contributed by atoms with E-state index in [0.29, 0.717) is 33.3 Å². The van der Waals surface area contributed by atoms with Crippen molar-refractivity contribution in [3.8, 4) is 5.75 Å². The van der Waals surface area contributed by atoms with Crippen LogP contribution >= 0.6 is 15.9 Å². The van der Waals surface area contributed by atoms with E-state index >= 15 is 0 Å². The van der Waals surface area contributed by atoms with Crippen LogP contribution in [0.5, 0.6) is 5.75 Å². The Morgan fingerprint density at radius 2 is 1.71 bits per heavy atom. The maximum absolute atomic E-state index is 12.4. The second-order valence-electron chi connectivity index (χ2n) is 5.10. The van der Waals surface area contributed by atoms with E-state index in [2.05, 4.69) is 15.9 Å². The first-order chi connectivity index (χ1) is 11.6. The highest BCUT2D eigenvalue weighted by molar-refractivity contribution is 9.10. The highest BCUT2D eigenvalue weighted by atomic mass is 79.9. The van der Waals surface area contributed by atoms with Crippen molar-refractivity contribution in [3.63, 3.8) is 0 Å². The van der Waals surface area contributed by atoms with Crippen LogP contribution in [-0.4, -0.2) is 5.97 Å². The standard InChI is InChI=1S/C18H9BrO5/c19-11-3-1-10(2-4-11)18(21)24-17-12-5-6-16(20)23-15(12)9-14-13(17)7-8-22-14/h1-9H. The second kappa shape index (κ2) is 5.65. The minimum Gasteiger partial charge on any atom is -0.464 e. The Bertz CT molecular complexity index is 1120. The Hall–Kier alpha value is -2.86. The molecule has 0 bridgehead atoms. The first-order valence-corrected chi connectivity index (χ1v) is 7.83. The van der Waals surface area contributed by atoms with Crippen molar-refractivity contribution < 1.29 is 18.4 Å². The van der Waals surface area contributed by atoms with Gasteiger partial charge in [-0.05, 0) is 36.4 Å². The minimum absolute atomic E-state index is 0.295. The summed E-state index contributed by atoms with van der Waals surface area (Å²) in [6.07, 6.45) is 1.48. The van der Waals surface area contributed by atoms with Gasteiger partial charge in [0.2, 0.25) is 0 Å². The lowest BCUT2D eigenvalue weighted by Crippen LogP contribution is -2.09. The average Bonchev–Trinajstić information content (AvgIpc) is 3.03. The minimum atomic E-state index is -0.510. The van der Waals surface area contributed by atoms with Crippen molar-refractivity contribution in [2.24, 2.45) is 0 Å². The van der Waals surface area contributed by atoms with Gasteiger partial charge in [-0.2, -0.15) is 0 Å². The third-order valence-electron chi connectivity index (χ3n) is 3.58. The van der Waals surface area contributed by atoms with Crippen molar-refractivity contribution in [1.82, 2.24) is 0 Å². The summed E-state index contributed by atoms with van der Waals surface area (Å²) >= 11 is 3.32. The molecule has 0 saturated heterocycles. The van der Waals surface area contributed by atoms with Crippen molar-refractivity contribution in [2.75, 3.05) is 0 Å². The summed E-state index contributed by atoms with van der Waals surface area (Å²) in [5.41, 5.74) is 0.682. The molecule has 5 nitrogen and oxygen atoms in total. The summed E-state index contributed by atoms with van der Waals surface area (Å²) in [5, 5.41) is 1.15. The average molecular weight is 385 g/mol. The molecule has 0 saturated carbocycles. The Morgan fingerprint density at radius 3 is 2.50 bits per heavy atom. The molecule has 0 fully saturated rings. The fraction of sp³-hybridized carbons (Fsp3) is 0. The van der Waals surface area contributed by atoms with E-state index in [-0.39, 0.29) is 0 Å². The molecule has 0 aliphatic rings. The van der Waals surface area contributed by atoms with Gasteiger partial charge < -0.3 is 13.6 Å². The lowest BCUT2D eigenvalue weighted by molar-refractivity contribution is 0.0739. The quantitative estimate of drug-likeness (QED) is 0.288. The molecule has 0 spiro atoms. The number of carbonyl (C=O) groups excluding carboxylic acids is 1. The van der Waals surface area contributed by atoms with Crippen LogP contribution in [0.2, 0.25) is 0 Å². The van der Waals surface area contributed by atoms with Crippen molar-refractivity contribution in [3.05, 3.63) is 75.3 Å². The number of ether oxygens (including phenoxy) is 1. The summed E-state index contributed by atoms with van der Waals surface area (Å²) in [6, 6.07) is 13.0. The molecule has 24 heavy (non-hydrogen) atoms. The molecule has 0 N–H and O–H groups in total. The largest absolute Gasteiger partial charge is 0.464 e. The van der Waals surface area contributed by atoms with Crippen molar-refractivity contribution in [1.29, 1.82) is 0 Å². The molecule has 4 aromatic rings. The monoisotopic (exact) mass is 384 g/mol. The SMILES string of the molecule is O=C(Oc1c2ccoc2cc2oc(=O)ccc12)c1ccc(Br)cc1. The number of rotatable bonds is 2. The third kappa shape index (κ3) is 2.51. The maximum atomic E-state index is 12.4.